The monoisotopic (exact) mass is 316 g/mol. The Bertz CT molecular complexity index is 434. The Kier molecular flexibility index (Phi) is 7.30. The molecule has 1 fully saturated rings. The number of carbonyl (C=O) groups is 1. The van der Waals surface area contributed by atoms with Crippen LogP contribution < -0.4 is 17.7 Å². The summed E-state index contributed by atoms with van der Waals surface area (Å²) in [6.45, 7) is 5.06. The maximum absolute atomic E-state index is 11.8. The number of hydrogen-bond acceptors (Lipinski definition) is 3. The van der Waals surface area contributed by atoms with Crippen molar-refractivity contribution in [3.8, 4) is 0 Å². The van der Waals surface area contributed by atoms with Crippen LogP contribution in [0, 0.1) is 0 Å². The van der Waals surface area contributed by atoms with Crippen LogP contribution in [0.25, 0.3) is 0 Å². The molecule has 0 bridgehead atoms. The van der Waals surface area contributed by atoms with Gasteiger partial charge in [0.25, 0.3) is 0 Å². The van der Waals surface area contributed by atoms with E-state index in [0.29, 0.717) is 11.4 Å². The lowest BCUT2D eigenvalue weighted by atomic mass is 10.2. The van der Waals surface area contributed by atoms with Crippen LogP contribution in [0.2, 0.25) is 5.02 Å². The Hall–Kier alpha value is -0.810. The van der Waals surface area contributed by atoms with Crippen molar-refractivity contribution in [2.45, 2.75) is 6.42 Å². The summed E-state index contributed by atoms with van der Waals surface area (Å²) in [5, 5.41) is 3.51. The number of rotatable bonds is 4. The molecular formula is C14H20Cl2N3O-. The fourth-order valence-corrected chi connectivity index (χ4v) is 2.31. The minimum atomic E-state index is 0. The van der Waals surface area contributed by atoms with Gasteiger partial charge in [0.1, 0.15) is 0 Å². The number of anilines is 1. The number of nitrogens with one attached hydrogen (secondary N) is 1. The van der Waals surface area contributed by atoms with Crippen LogP contribution in [0.5, 0.6) is 0 Å². The molecular weight excluding hydrogens is 297 g/mol. The summed E-state index contributed by atoms with van der Waals surface area (Å²) in [6, 6.07) is 7.23. The summed E-state index contributed by atoms with van der Waals surface area (Å²) >= 11 is 5.88. The normalized spacial score (nSPS) is 16.5. The molecule has 1 aromatic rings. The van der Waals surface area contributed by atoms with Gasteiger partial charge in [-0.1, -0.05) is 17.7 Å². The molecule has 0 unspecified atom stereocenters. The molecule has 112 valence electrons. The van der Waals surface area contributed by atoms with Crippen molar-refractivity contribution < 1.29 is 17.2 Å². The van der Waals surface area contributed by atoms with E-state index in [1.807, 2.05) is 12.1 Å². The number of hydrogen-bond donors (Lipinski definition) is 1. The largest absolute Gasteiger partial charge is 1.00 e. The summed E-state index contributed by atoms with van der Waals surface area (Å²) in [4.78, 5) is 16.5. The van der Waals surface area contributed by atoms with E-state index in [1.165, 1.54) is 0 Å². The highest BCUT2D eigenvalue weighted by molar-refractivity contribution is 6.30. The zero-order chi connectivity index (χ0) is 13.7. The standard InChI is InChI=1S/C14H20ClN3O.ClH/c1-17-7-9-18(10-8-17)6-5-14(19)16-13-4-2-3-12(15)11-13;/h2-4,11H,5-10H2,1H3,(H,16,19);1H/p-1. The number of carbonyl (C=O) groups excluding carboxylic acids is 1. The van der Waals surface area contributed by atoms with Gasteiger partial charge >= 0.3 is 0 Å². The lowest BCUT2D eigenvalue weighted by Gasteiger charge is -2.32. The molecule has 0 atom stereocenters. The molecule has 20 heavy (non-hydrogen) atoms. The van der Waals surface area contributed by atoms with Crippen LogP contribution in [-0.4, -0.2) is 55.5 Å². The first-order valence-electron chi connectivity index (χ1n) is 6.60. The predicted octanol–water partition coefficient (Wildman–Crippen LogP) is -1.08. The molecule has 1 N–H and O–H groups in total. The van der Waals surface area contributed by atoms with Crippen LogP contribution in [0.3, 0.4) is 0 Å². The Morgan fingerprint density at radius 1 is 1.30 bits per heavy atom. The number of benzene rings is 1. The minimum Gasteiger partial charge on any atom is -1.00 e. The molecule has 4 nitrogen and oxygen atoms in total. The van der Waals surface area contributed by atoms with E-state index in [1.54, 1.807) is 12.1 Å². The molecule has 0 aromatic heterocycles. The smallest absolute Gasteiger partial charge is 0.225 e. The van der Waals surface area contributed by atoms with E-state index in [4.69, 9.17) is 11.6 Å². The molecule has 1 amide bonds. The van der Waals surface area contributed by atoms with Gasteiger partial charge in [-0.25, -0.2) is 0 Å². The first kappa shape index (κ1) is 17.2. The van der Waals surface area contributed by atoms with E-state index in [0.717, 1.165) is 38.4 Å². The summed E-state index contributed by atoms with van der Waals surface area (Å²) in [5.74, 6) is 0.0428. The Morgan fingerprint density at radius 3 is 2.65 bits per heavy atom. The average molecular weight is 317 g/mol. The van der Waals surface area contributed by atoms with Gasteiger partial charge in [0, 0.05) is 49.9 Å². The van der Waals surface area contributed by atoms with Gasteiger partial charge in [-0.2, -0.15) is 0 Å². The second-order valence-electron chi connectivity index (χ2n) is 4.95. The molecule has 0 saturated carbocycles. The highest BCUT2D eigenvalue weighted by Gasteiger charge is 2.14. The molecule has 0 radical (unpaired) electrons. The molecule has 0 aliphatic carbocycles. The zero-order valence-corrected chi connectivity index (χ0v) is 13.1. The number of amides is 1. The number of nitrogens with zero attached hydrogens (tertiary/aromatic N) is 2. The topological polar surface area (TPSA) is 35.6 Å². The molecule has 0 spiro atoms. The molecule has 1 saturated heterocycles. The fourth-order valence-electron chi connectivity index (χ4n) is 2.12. The number of likely N-dealkylation sites (N-methyl/N-ethyl adjacent to an activating group) is 1. The third kappa shape index (κ3) is 5.67. The Labute approximate surface area is 131 Å². The maximum Gasteiger partial charge on any atom is 0.225 e. The second-order valence-corrected chi connectivity index (χ2v) is 5.39. The lowest BCUT2D eigenvalue weighted by Crippen LogP contribution is -3.00. The molecule has 1 aromatic carbocycles. The summed E-state index contributed by atoms with van der Waals surface area (Å²) < 4.78 is 0. The van der Waals surface area contributed by atoms with Crippen LogP contribution in [0.1, 0.15) is 6.42 Å². The SMILES string of the molecule is CN1CCN(CCC(=O)Nc2cccc(Cl)c2)CC1.[Cl-]. The van der Waals surface area contributed by atoms with E-state index in [9.17, 15) is 4.79 Å². The highest BCUT2D eigenvalue weighted by atomic mass is 35.5. The Balaban J connectivity index is 0.00000200. The summed E-state index contributed by atoms with van der Waals surface area (Å²) in [5.41, 5.74) is 0.760. The van der Waals surface area contributed by atoms with Gasteiger partial charge < -0.3 is 27.5 Å². The summed E-state index contributed by atoms with van der Waals surface area (Å²) in [6.07, 6.45) is 0.524. The molecule has 1 heterocycles. The van der Waals surface area contributed by atoms with E-state index < -0.39 is 0 Å². The molecule has 6 heteroatoms. The van der Waals surface area contributed by atoms with Gasteiger partial charge in [-0.05, 0) is 25.2 Å². The van der Waals surface area contributed by atoms with Crippen molar-refractivity contribution in [2.75, 3.05) is 45.1 Å². The number of halogens is 2. The first-order chi connectivity index (χ1) is 9.13. The lowest BCUT2D eigenvalue weighted by molar-refractivity contribution is -0.116. The van der Waals surface area contributed by atoms with E-state index in [-0.39, 0.29) is 18.3 Å². The van der Waals surface area contributed by atoms with Gasteiger partial charge in [0.15, 0.2) is 0 Å². The quantitative estimate of drug-likeness (QED) is 0.767. The minimum absolute atomic E-state index is 0. The Morgan fingerprint density at radius 2 is 2.00 bits per heavy atom. The van der Waals surface area contributed by atoms with Crippen LogP contribution in [0.4, 0.5) is 5.69 Å². The first-order valence-corrected chi connectivity index (χ1v) is 6.97. The zero-order valence-electron chi connectivity index (χ0n) is 11.6. The summed E-state index contributed by atoms with van der Waals surface area (Å²) in [7, 11) is 2.13. The molecule has 1 aliphatic rings. The van der Waals surface area contributed by atoms with Gasteiger partial charge in [-0.3, -0.25) is 4.79 Å². The predicted molar refractivity (Wildman–Crippen MR) is 78.6 cm³/mol. The highest BCUT2D eigenvalue weighted by Crippen LogP contribution is 2.15. The molecule has 2 rings (SSSR count). The number of piperazine rings is 1. The van der Waals surface area contributed by atoms with Gasteiger partial charge in [0.2, 0.25) is 5.91 Å². The fraction of sp³-hybridized carbons (Fsp3) is 0.500. The van der Waals surface area contributed by atoms with Crippen molar-refractivity contribution in [2.24, 2.45) is 0 Å². The van der Waals surface area contributed by atoms with E-state index >= 15 is 0 Å². The van der Waals surface area contributed by atoms with Crippen molar-refractivity contribution in [3.05, 3.63) is 29.3 Å². The van der Waals surface area contributed by atoms with Crippen molar-refractivity contribution >= 4 is 23.2 Å². The van der Waals surface area contributed by atoms with Crippen molar-refractivity contribution in [3.63, 3.8) is 0 Å². The van der Waals surface area contributed by atoms with Crippen molar-refractivity contribution in [1.29, 1.82) is 0 Å². The van der Waals surface area contributed by atoms with E-state index in [2.05, 4.69) is 22.2 Å². The van der Waals surface area contributed by atoms with Crippen LogP contribution in [-0.2, 0) is 4.79 Å². The maximum atomic E-state index is 11.8. The van der Waals surface area contributed by atoms with Crippen LogP contribution in [0.15, 0.2) is 24.3 Å². The second kappa shape index (κ2) is 8.47. The van der Waals surface area contributed by atoms with Crippen LogP contribution >= 0.6 is 11.6 Å². The third-order valence-corrected chi connectivity index (χ3v) is 3.59. The van der Waals surface area contributed by atoms with Crippen molar-refractivity contribution in [1.82, 2.24) is 9.80 Å². The molecule has 1 aliphatic heterocycles. The third-order valence-electron chi connectivity index (χ3n) is 3.36. The average Bonchev–Trinajstić information content (AvgIpc) is 2.38. The van der Waals surface area contributed by atoms with Gasteiger partial charge in [0.05, 0.1) is 0 Å². The van der Waals surface area contributed by atoms with Gasteiger partial charge in [-0.15, -0.1) is 0 Å².